The van der Waals surface area contributed by atoms with E-state index in [0.717, 1.165) is 30.5 Å². The molecule has 3 aromatic carbocycles. The molecule has 1 aliphatic heterocycles. The van der Waals surface area contributed by atoms with E-state index in [-0.39, 0.29) is 17.8 Å². The number of benzene rings is 3. The number of rotatable bonds is 7. The molecule has 1 heterocycles. The molecule has 0 unspecified atom stereocenters. The van der Waals surface area contributed by atoms with Gasteiger partial charge in [0.15, 0.2) is 30.4 Å². The van der Waals surface area contributed by atoms with E-state index >= 15 is 0 Å². The highest BCUT2D eigenvalue weighted by Crippen LogP contribution is 2.32. The van der Waals surface area contributed by atoms with E-state index in [1.54, 1.807) is 19.1 Å². The number of esters is 1. The van der Waals surface area contributed by atoms with E-state index < -0.39 is 28.9 Å². The summed E-state index contributed by atoms with van der Waals surface area (Å²) in [5.74, 6) is -4.42. The molecule has 187 valence electrons. The number of carbonyl (C=O) groups excluding carboxylic acids is 1. The summed E-state index contributed by atoms with van der Waals surface area (Å²) in [6.45, 7) is 9.32. The highest BCUT2D eigenvalue weighted by atomic mass is 19.2. The van der Waals surface area contributed by atoms with Gasteiger partial charge in [-0.3, -0.25) is 0 Å². The average molecular weight is 510 g/mol. The largest absolute Gasteiger partial charge is 0.464 e. The second-order valence-electron chi connectivity index (χ2n) is 8.04. The van der Waals surface area contributed by atoms with E-state index in [4.69, 9.17) is 16.0 Å². The molecule has 0 saturated carbocycles. The van der Waals surface area contributed by atoms with Gasteiger partial charge in [0.1, 0.15) is 11.5 Å². The van der Waals surface area contributed by atoms with Gasteiger partial charge in [0.05, 0.1) is 13.2 Å². The fraction of sp³-hybridized carbons (Fsp3) is 0.0667. The lowest BCUT2D eigenvalue weighted by Gasteiger charge is -2.19. The Morgan fingerprint density at radius 1 is 0.921 bits per heavy atom. The summed E-state index contributed by atoms with van der Waals surface area (Å²) in [6.07, 6.45) is 4.84. The van der Waals surface area contributed by atoms with E-state index in [2.05, 4.69) is 4.85 Å². The molecule has 0 amide bonds. The molecular weight excluding hydrogens is 490 g/mol. The smallest absolute Gasteiger partial charge is 0.314 e. The van der Waals surface area contributed by atoms with Crippen LogP contribution in [-0.4, -0.2) is 19.9 Å². The number of carbonyl (C=O) groups is 1. The third-order valence-electron chi connectivity index (χ3n) is 5.49. The summed E-state index contributed by atoms with van der Waals surface area (Å²) in [7, 11) is 0.975. The number of hydrogen-bond acceptors (Lipinski definition) is 3. The third-order valence-corrected chi connectivity index (χ3v) is 5.49. The van der Waals surface area contributed by atoms with Crippen LogP contribution in [-0.2, 0) is 14.3 Å². The quantitative estimate of drug-likeness (QED) is 0.126. The zero-order valence-electron chi connectivity index (χ0n) is 20.3. The molecule has 0 bridgehead atoms. The van der Waals surface area contributed by atoms with Crippen molar-refractivity contribution in [3.63, 3.8) is 0 Å². The maximum Gasteiger partial charge on any atom is 0.314 e. The lowest BCUT2D eigenvalue weighted by Crippen LogP contribution is -2.28. The number of allylic oxidation sites excluding steroid dienone is 4. The SMILES string of the molecule is [C-]#[N+]/C(C=C1C=C(c2ccccc2)OC(c2ccccc2)=C1)=C(/[B]c1ccc(F)c(F)c1F)C(=O)OCC. The molecule has 1 aliphatic rings. The zero-order chi connectivity index (χ0) is 27.1. The molecule has 0 atom stereocenters. The average Bonchev–Trinajstić information content (AvgIpc) is 2.95. The molecule has 0 aromatic heterocycles. The van der Waals surface area contributed by atoms with Crippen LogP contribution in [0.4, 0.5) is 13.2 Å². The van der Waals surface area contributed by atoms with E-state index in [9.17, 15) is 18.0 Å². The van der Waals surface area contributed by atoms with Crippen LogP contribution < -0.4 is 5.46 Å². The molecular formula is C30H20BF3NO3. The second-order valence-corrected chi connectivity index (χ2v) is 8.04. The first-order valence-electron chi connectivity index (χ1n) is 11.6. The van der Waals surface area contributed by atoms with Gasteiger partial charge in [-0.25, -0.2) is 22.8 Å². The van der Waals surface area contributed by atoms with Gasteiger partial charge in [0.25, 0.3) is 0 Å². The van der Waals surface area contributed by atoms with Gasteiger partial charge >= 0.3 is 5.97 Å². The van der Waals surface area contributed by atoms with Crippen molar-refractivity contribution in [2.75, 3.05) is 6.61 Å². The Kier molecular flexibility index (Phi) is 8.29. The highest BCUT2D eigenvalue weighted by Gasteiger charge is 2.23. The fourth-order valence-corrected chi connectivity index (χ4v) is 3.68. The normalized spacial score (nSPS) is 13.3. The monoisotopic (exact) mass is 510 g/mol. The minimum absolute atomic E-state index is 0.0117. The molecule has 3 aromatic rings. The Morgan fingerprint density at radius 2 is 1.50 bits per heavy atom. The van der Waals surface area contributed by atoms with Gasteiger partial charge in [-0.1, -0.05) is 66.7 Å². The molecule has 0 fully saturated rings. The summed E-state index contributed by atoms with van der Waals surface area (Å²) < 4.78 is 52.9. The van der Waals surface area contributed by atoms with Crippen molar-refractivity contribution in [3.05, 3.63) is 148 Å². The van der Waals surface area contributed by atoms with E-state index in [1.807, 2.05) is 60.7 Å². The summed E-state index contributed by atoms with van der Waals surface area (Å²) in [5.41, 5.74) is 1.19. The van der Waals surface area contributed by atoms with E-state index in [0.29, 0.717) is 17.1 Å². The molecule has 8 heteroatoms. The molecule has 38 heavy (non-hydrogen) atoms. The number of nitrogens with zero attached hydrogens (tertiary/aromatic N) is 1. The maximum absolute atomic E-state index is 14.4. The molecule has 4 rings (SSSR count). The molecule has 1 radical (unpaired) electrons. The van der Waals surface area contributed by atoms with Crippen molar-refractivity contribution in [1.29, 1.82) is 0 Å². The Morgan fingerprint density at radius 3 is 2.03 bits per heavy atom. The fourth-order valence-electron chi connectivity index (χ4n) is 3.68. The Labute approximate surface area is 219 Å². The second kappa shape index (κ2) is 12.0. The summed E-state index contributed by atoms with van der Waals surface area (Å²) >= 11 is 0. The minimum atomic E-state index is -1.68. The number of hydrogen-bond donors (Lipinski definition) is 0. The van der Waals surface area contributed by atoms with Gasteiger partial charge in [-0.15, -0.1) is 0 Å². The lowest BCUT2D eigenvalue weighted by atomic mass is 9.62. The summed E-state index contributed by atoms with van der Waals surface area (Å²) in [6, 6.07) is 20.4. The van der Waals surface area contributed by atoms with Crippen LogP contribution in [0.15, 0.2) is 108 Å². The first-order valence-corrected chi connectivity index (χ1v) is 11.6. The van der Waals surface area contributed by atoms with Crippen LogP contribution in [0.3, 0.4) is 0 Å². The first-order chi connectivity index (χ1) is 18.4. The number of ether oxygens (including phenoxy) is 2. The molecule has 0 saturated heterocycles. The molecule has 0 aliphatic carbocycles. The van der Waals surface area contributed by atoms with Crippen molar-refractivity contribution in [2.45, 2.75) is 6.92 Å². The van der Waals surface area contributed by atoms with Gasteiger partial charge in [0, 0.05) is 16.6 Å². The number of halogens is 3. The maximum atomic E-state index is 14.4. The Hall–Kier alpha value is -4.77. The summed E-state index contributed by atoms with van der Waals surface area (Å²) in [5, 5.41) is 0. The molecule has 4 nitrogen and oxygen atoms in total. The molecule has 0 spiro atoms. The van der Waals surface area contributed by atoms with Crippen LogP contribution >= 0.6 is 0 Å². The van der Waals surface area contributed by atoms with Crippen molar-refractivity contribution in [1.82, 2.24) is 0 Å². The van der Waals surface area contributed by atoms with Gasteiger partial charge in [0.2, 0.25) is 0 Å². The standard InChI is InChI=1S/C30H20BF3NO3/c1-3-37-30(36)27(31-22-14-15-23(32)29(34)28(22)33)24(35-2)16-19-17-25(20-10-6-4-7-11-20)38-26(18-19)21-12-8-5-9-13-21/h4-18H,3H2,1H3/b27-24+. The van der Waals surface area contributed by atoms with Gasteiger partial charge in [-0.05, 0) is 42.3 Å². The van der Waals surface area contributed by atoms with Crippen molar-refractivity contribution >= 4 is 30.2 Å². The minimum Gasteiger partial charge on any atom is -0.464 e. The Balaban J connectivity index is 1.86. The van der Waals surface area contributed by atoms with Crippen molar-refractivity contribution in [3.8, 4) is 0 Å². The predicted octanol–water partition coefficient (Wildman–Crippen LogP) is 6.17. The van der Waals surface area contributed by atoms with Crippen LogP contribution in [0.1, 0.15) is 18.1 Å². The van der Waals surface area contributed by atoms with Crippen molar-refractivity contribution in [2.24, 2.45) is 0 Å². The highest BCUT2D eigenvalue weighted by molar-refractivity contribution is 6.66. The first kappa shape index (κ1) is 26.3. The van der Waals surface area contributed by atoms with Gasteiger partial charge in [-0.2, -0.15) is 0 Å². The van der Waals surface area contributed by atoms with Crippen LogP contribution in [0, 0.1) is 24.0 Å². The van der Waals surface area contributed by atoms with Crippen LogP contribution in [0.25, 0.3) is 16.4 Å². The van der Waals surface area contributed by atoms with Crippen LogP contribution in [0.2, 0.25) is 0 Å². The van der Waals surface area contributed by atoms with E-state index in [1.165, 1.54) is 6.08 Å². The topological polar surface area (TPSA) is 39.9 Å². The zero-order valence-corrected chi connectivity index (χ0v) is 20.3. The Bertz CT molecular complexity index is 1460. The van der Waals surface area contributed by atoms with Gasteiger partial charge < -0.3 is 9.47 Å². The van der Waals surface area contributed by atoms with Crippen molar-refractivity contribution < 1.29 is 27.4 Å². The lowest BCUT2D eigenvalue weighted by molar-refractivity contribution is -0.137. The molecule has 0 N–H and O–H groups in total. The van der Waals surface area contributed by atoms with Crippen LogP contribution in [0.5, 0.6) is 0 Å². The summed E-state index contributed by atoms with van der Waals surface area (Å²) in [4.78, 5) is 16.3. The third kappa shape index (κ3) is 5.96. The predicted molar refractivity (Wildman–Crippen MR) is 140 cm³/mol.